The Morgan fingerprint density at radius 2 is 2.00 bits per heavy atom. The molecule has 1 amide bonds. The van der Waals surface area contributed by atoms with Gasteiger partial charge in [0, 0.05) is 28.9 Å². The zero-order valence-electron chi connectivity index (χ0n) is 15.1. The maximum Gasteiger partial charge on any atom is 0.339 e. The molecule has 142 valence electrons. The van der Waals surface area contributed by atoms with Crippen molar-refractivity contribution in [3.63, 3.8) is 0 Å². The van der Waals surface area contributed by atoms with Gasteiger partial charge in [-0.05, 0) is 36.2 Å². The van der Waals surface area contributed by atoms with E-state index in [9.17, 15) is 9.59 Å². The van der Waals surface area contributed by atoms with Gasteiger partial charge in [-0.1, -0.05) is 41.9 Å². The van der Waals surface area contributed by atoms with Crippen LogP contribution >= 0.6 is 22.9 Å². The molecule has 0 saturated carbocycles. The molecular weight excluding hydrogens is 396 g/mol. The van der Waals surface area contributed by atoms with Crippen LogP contribution in [0.2, 0.25) is 5.02 Å². The number of fused-ring (bicyclic) bond motifs is 1. The molecule has 0 fully saturated rings. The first-order chi connectivity index (χ1) is 13.4. The fourth-order valence-electron chi connectivity index (χ4n) is 3.14. The molecule has 2 heterocycles. The Labute approximate surface area is 171 Å². The van der Waals surface area contributed by atoms with Crippen LogP contribution in [-0.4, -0.2) is 22.5 Å². The van der Waals surface area contributed by atoms with Gasteiger partial charge >= 0.3 is 5.97 Å². The van der Waals surface area contributed by atoms with Gasteiger partial charge in [0.15, 0.2) is 10.7 Å². The summed E-state index contributed by atoms with van der Waals surface area (Å²) in [5, 5.41) is 3.96. The van der Waals surface area contributed by atoms with Crippen LogP contribution in [0.1, 0.15) is 33.3 Å². The first-order valence-electron chi connectivity index (χ1n) is 8.75. The van der Waals surface area contributed by atoms with Crippen molar-refractivity contribution in [2.24, 2.45) is 0 Å². The van der Waals surface area contributed by atoms with Crippen LogP contribution in [0.15, 0.2) is 54.7 Å². The molecule has 28 heavy (non-hydrogen) atoms. The summed E-state index contributed by atoms with van der Waals surface area (Å²) in [6, 6.07) is 14.8. The van der Waals surface area contributed by atoms with Gasteiger partial charge in [0.2, 0.25) is 0 Å². The van der Waals surface area contributed by atoms with Gasteiger partial charge in [0.1, 0.15) is 0 Å². The molecule has 0 aliphatic carbocycles. The van der Waals surface area contributed by atoms with E-state index in [0.29, 0.717) is 28.6 Å². The van der Waals surface area contributed by atoms with E-state index in [4.69, 9.17) is 16.3 Å². The smallest absolute Gasteiger partial charge is 0.339 e. The number of rotatable bonds is 4. The minimum Gasteiger partial charge on any atom is -0.445 e. The fraction of sp³-hybridized carbons (Fsp3) is 0.190. The maximum atomic E-state index is 12.8. The summed E-state index contributed by atoms with van der Waals surface area (Å²) in [6.07, 6.45) is 2.76. The molecule has 2 aromatic carbocycles. The molecular formula is C21H17ClN2O3S. The summed E-state index contributed by atoms with van der Waals surface area (Å²) in [5.41, 5.74) is 1.15. The molecule has 1 aliphatic heterocycles. The van der Waals surface area contributed by atoms with E-state index in [-0.39, 0.29) is 5.91 Å². The van der Waals surface area contributed by atoms with Gasteiger partial charge in [0.05, 0.1) is 5.56 Å². The lowest BCUT2D eigenvalue weighted by Crippen LogP contribution is -2.48. The Bertz CT molecular complexity index is 1050. The maximum absolute atomic E-state index is 12.8. The van der Waals surface area contributed by atoms with Crippen molar-refractivity contribution in [2.45, 2.75) is 25.4 Å². The molecule has 1 atom stereocenters. The van der Waals surface area contributed by atoms with Gasteiger partial charge in [-0.2, -0.15) is 0 Å². The molecule has 1 aliphatic rings. The second-order valence-electron chi connectivity index (χ2n) is 6.84. The molecule has 0 radical (unpaired) electrons. The summed E-state index contributed by atoms with van der Waals surface area (Å²) < 4.78 is 5.46. The normalized spacial score (nSPS) is 18.3. The van der Waals surface area contributed by atoms with Gasteiger partial charge < -0.3 is 4.74 Å². The number of thiazole rings is 1. The molecule has 4 rings (SSSR count). The Kier molecular flexibility index (Phi) is 4.91. The topological polar surface area (TPSA) is 68.3 Å². The van der Waals surface area contributed by atoms with Crippen molar-refractivity contribution >= 4 is 39.9 Å². The Morgan fingerprint density at radius 1 is 1.25 bits per heavy atom. The third-order valence-electron chi connectivity index (χ3n) is 4.63. The van der Waals surface area contributed by atoms with E-state index < -0.39 is 11.6 Å². The van der Waals surface area contributed by atoms with E-state index in [2.05, 4.69) is 10.3 Å². The van der Waals surface area contributed by atoms with Crippen molar-refractivity contribution in [1.29, 1.82) is 0 Å². The number of cyclic esters (lactones) is 1. The van der Waals surface area contributed by atoms with Gasteiger partial charge in [-0.3, -0.25) is 10.1 Å². The monoisotopic (exact) mass is 412 g/mol. The summed E-state index contributed by atoms with van der Waals surface area (Å²) >= 11 is 7.30. The highest BCUT2D eigenvalue weighted by molar-refractivity contribution is 7.15. The Balaban J connectivity index is 1.46. The fourth-order valence-corrected chi connectivity index (χ4v) is 4.11. The number of carbonyl (C=O) groups excluding carboxylic acids is 2. The van der Waals surface area contributed by atoms with Crippen LogP contribution in [-0.2, 0) is 22.4 Å². The molecule has 5 nitrogen and oxygen atoms in total. The zero-order chi connectivity index (χ0) is 19.7. The van der Waals surface area contributed by atoms with Crippen LogP contribution in [0.3, 0.4) is 0 Å². The second-order valence-corrected chi connectivity index (χ2v) is 8.40. The molecule has 7 heteroatoms. The SMILES string of the molecule is CC1(C(=O)Nc2ncc(Cc3ccc(Cl)cc3)s2)Cc2ccccc2C(=O)O1. The number of esters is 1. The third kappa shape index (κ3) is 3.79. The Hall–Kier alpha value is -2.70. The Morgan fingerprint density at radius 3 is 2.79 bits per heavy atom. The summed E-state index contributed by atoms with van der Waals surface area (Å²) in [4.78, 5) is 30.4. The summed E-state index contributed by atoms with van der Waals surface area (Å²) in [6.45, 7) is 1.62. The van der Waals surface area contributed by atoms with Crippen LogP contribution in [0.4, 0.5) is 5.13 Å². The van der Waals surface area contributed by atoms with Crippen LogP contribution in [0.5, 0.6) is 0 Å². The summed E-state index contributed by atoms with van der Waals surface area (Å²) in [5.74, 6) is -0.871. The average molecular weight is 413 g/mol. The van der Waals surface area contributed by atoms with Gasteiger partial charge in [0.25, 0.3) is 5.91 Å². The number of nitrogens with one attached hydrogen (secondary N) is 1. The van der Waals surface area contributed by atoms with Crippen LogP contribution in [0, 0.1) is 0 Å². The number of ether oxygens (including phenoxy) is 1. The predicted octanol–water partition coefficient (Wildman–Crippen LogP) is 4.50. The lowest BCUT2D eigenvalue weighted by atomic mass is 9.89. The van der Waals surface area contributed by atoms with Crippen molar-refractivity contribution < 1.29 is 14.3 Å². The number of hydrogen-bond donors (Lipinski definition) is 1. The van der Waals surface area contributed by atoms with Crippen molar-refractivity contribution in [3.05, 3.63) is 81.3 Å². The minimum absolute atomic E-state index is 0.323. The number of amides is 1. The van der Waals surface area contributed by atoms with E-state index in [1.807, 2.05) is 36.4 Å². The van der Waals surface area contributed by atoms with E-state index in [1.165, 1.54) is 11.3 Å². The van der Waals surface area contributed by atoms with Gasteiger partial charge in [-0.25, -0.2) is 9.78 Å². The number of aromatic nitrogens is 1. The van der Waals surface area contributed by atoms with E-state index in [1.54, 1.807) is 25.3 Å². The van der Waals surface area contributed by atoms with Gasteiger partial charge in [-0.15, -0.1) is 11.3 Å². The number of carbonyl (C=O) groups is 2. The van der Waals surface area contributed by atoms with Crippen molar-refractivity contribution in [2.75, 3.05) is 5.32 Å². The van der Waals surface area contributed by atoms with Crippen molar-refractivity contribution in [3.8, 4) is 0 Å². The highest BCUT2D eigenvalue weighted by atomic mass is 35.5. The zero-order valence-corrected chi connectivity index (χ0v) is 16.6. The highest BCUT2D eigenvalue weighted by Gasteiger charge is 2.42. The number of anilines is 1. The largest absolute Gasteiger partial charge is 0.445 e. The average Bonchev–Trinajstić information content (AvgIpc) is 3.10. The molecule has 0 spiro atoms. The highest BCUT2D eigenvalue weighted by Crippen LogP contribution is 2.30. The quantitative estimate of drug-likeness (QED) is 0.641. The second kappa shape index (κ2) is 7.37. The number of nitrogens with zero attached hydrogens (tertiary/aromatic N) is 1. The molecule has 1 N–H and O–H groups in total. The molecule has 0 saturated heterocycles. The molecule has 1 unspecified atom stereocenters. The standard InChI is InChI=1S/C21H17ClN2O3S/c1-21(11-14-4-2-3-5-17(14)18(25)27-21)19(26)24-20-23-12-16(28-20)10-13-6-8-15(22)9-7-13/h2-9,12H,10-11H2,1H3,(H,23,24,26). The predicted molar refractivity (Wildman–Crippen MR) is 109 cm³/mol. The van der Waals surface area contributed by atoms with Crippen LogP contribution in [0.25, 0.3) is 0 Å². The molecule has 3 aromatic rings. The van der Waals surface area contributed by atoms with Crippen molar-refractivity contribution in [1.82, 2.24) is 4.98 Å². The lowest BCUT2D eigenvalue weighted by Gasteiger charge is -2.32. The summed E-state index contributed by atoms with van der Waals surface area (Å²) in [7, 11) is 0. The van der Waals surface area contributed by atoms with Crippen LogP contribution < -0.4 is 5.32 Å². The van der Waals surface area contributed by atoms with E-state index >= 15 is 0 Å². The number of benzene rings is 2. The molecule has 1 aromatic heterocycles. The first kappa shape index (κ1) is 18.7. The minimum atomic E-state index is -1.27. The molecule has 0 bridgehead atoms. The first-order valence-corrected chi connectivity index (χ1v) is 9.94. The van der Waals surface area contributed by atoms with E-state index in [0.717, 1.165) is 16.0 Å². The lowest BCUT2D eigenvalue weighted by molar-refractivity contribution is -0.134. The third-order valence-corrected chi connectivity index (χ3v) is 5.79. The number of hydrogen-bond acceptors (Lipinski definition) is 5. The number of halogens is 1.